The first-order chi connectivity index (χ1) is 12.2. The number of amides is 3. The molecular weight excluding hydrogens is 318 g/mol. The van der Waals surface area contributed by atoms with Gasteiger partial charge in [0.05, 0.1) is 0 Å². The summed E-state index contributed by atoms with van der Waals surface area (Å²) < 4.78 is 0. The molecule has 0 radical (unpaired) electrons. The Balaban J connectivity index is 1.30. The second-order valence-corrected chi connectivity index (χ2v) is 6.75. The molecule has 2 saturated heterocycles. The zero-order valence-corrected chi connectivity index (χ0v) is 14.6. The van der Waals surface area contributed by atoms with Crippen LogP contribution in [0.5, 0.6) is 0 Å². The quantitative estimate of drug-likeness (QED) is 0.805. The number of hydrogen-bond donors (Lipinski definition) is 2. The summed E-state index contributed by atoms with van der Waals surface area (Å²) in [6, 6.07) is 4.19. The molecular formula is C18H27N5O2. The molecule has 1 aromatic heterocycles. The lowest BCUT2D eigenvalue weighted by Gasteiger charge is -2.23. The van der Waals surface area contributed by atoms with Crippen LogP contribution in [-0.2, 0) is 11.3 Å². The number of pyridine rings is 1. The van der Waals surface area contributed by atoms with Crippen LogP contribution in [0, 0.1) is 0 Å². The van der Waals surface area contributed by atoms with Crippen LogP contribution < -0.4 is 10.6 Å². The van der Waals surface area contributed by atoms with Gasteiger partial charge >= 0.3 is 6.03 Å². The molecule has 0 spiro atoms. The highest BCUT2D eigenvalue weighted by Gasteiger charge is 2.31. The van der Waals surface area contributed by atoms with Gasteiger partial charge in [0.15, 0.2) is 0 Å². The molecule has 0 aliphatic carbocycles. The summed E-state index contributed by atoms with van der Waals surface area (Å²) in [5, 5.41) is 5.71. The molecule has 7 nitrogen and oxygen atoms in total. The lowest BCUT2D eigenvalue weighted by molar-refractivity contribution is -0.121. The van der Waals surface area contributed by atoms with Crippen LogP contribution in [0.25, 0.3) is 0 Å². The molecule has 0 bridgehead atoms. The Hall–Kier alpha value is -2.15. The molecule has 25 heavy (non-hydrogen) atoms. The predicted molar refractivity (Wildman–Crippen MR) is 94.9 cm³/mol. The van der Waals surface area contributed by atoms with Crippen molar-refractivity contribution in [3.05, 3.63) is 30.1 Å². The molecule has 1 atom stereocenters. The van der Waals surface area contributed by atoms with E-state index in [4.69, 9.17) is 0 Å². The van der Waals surface area contributed by atoms with Crippen LogP contribution in [0.1, 0.15) is 31.2 Å². The zero-order valence-electron chi connectivity index (χ0n) is 14.6. The number of nitrogens with zero attached hydrogens (tertiary/aromatic N) is 3. The van der Waals surface area contributed by atoms with Crippen LogP contribution in [0.2, 0.25) is 0 Å². The van der Waals surface area contributed by atoms with Gasteiger partial charge in [0.2, 0.25) is 5.91 Å². The first-order valence-electron chi connectivity index (χ1n) is 9.15. The van der Waals surface area contributed by atoms with Crippen molar-refractivity contribution in [3.8, 4) is 0 Å². The number of urea groups is 1. The van der Waals surface area contributed by atoms with Crippen LogP contribution >= 0.6 is 0 Å². The maximum atomic E-state index is 12.2. The Labute approximate surface area is 148 Å². The normalized spacial score (nSPS) is 20.6. The topological polar surface area (TPSA) is 77.6 Å². The summed E-state index contributed by atoms with van der Waals surface area (Å²) in [5.41, 5.74) is 1.01. The van der Waals surface area contributed by atoms with Gasteiger partial charge in [-0.1, -0.05) is 0 Å². The number of aromatic nitrogens is 1. The van der Waals surface area contributed by atoms with Crippen molar-refractivity contribution in [2.75, 3.05) is 32.7 Å². The van der Waals surface area contributed by atoms with Gasteiger partial charge in [0.25, 0.3) is 0 Å². The Morgan fingerprint density at radius 1 is 1.12 bits per heavy atom. The van der Waals surface area contributed by atoms with Crippen molar-refractivity contribution in [1.29, 1.82) is 0 Å². The SMILES string of the molecule is O=C(CCNC(=O)N1CC[C@H](N2CCCC2)C1)NCc1ccncc1. The Kier molecular flexibility index (Phi) is 6.22. The van der Waals surface area contributed by atoms with Crippen molar-refractivity contribution < 1.29 is 9.59 Å². The third-order valence-electron chi connectivity index (χ3n) is 4.97. The Morgan fingerprint density at radius 3 is 2.64 bits per heavy atom. The van der Waals surface area contributed by atoms with E-state index in [1.54, 1.807) is 12.4 Å². The van der Waals surface area contributed by atoms with E-state index in [2.05, 4.69) is 20.5 Å². The van der Waals surface area contributed by atoms with Gasteiger partial charge in [-0.2, -0.15) is 0 Å². The van der Waals surface area contributed by atoms with E-state index in [0.717, 1.165) is 38.2 Å². The van der Waals surface area contributed by atoms with Gasteiger partial charge in [-0.15, -0.1) is 0 Å². The summed E-state index contributed by atoms with van der Waals surface area (Å²) >= 11 is 0. The number of carbonyl (C=O) groups excluding carboxylic acids is 2. The third kappa shape index (κ3) is 5.16. The molecule has 7 heteroatoms. The fourth-order valence-electron chi connectivity index (χ4n) is 3.52. The molecule has 2 N–H and O–H groups in total. The van der Waals surface area contributed by atoms with Crippen LogP contribution in [0.15, 0.2) is 24.5 Å². The summed E-state index contributed by atoms with van der Waals surface area (Å²) in [5.74, 6) is -0.0616. The largest absolute Gasteiger partial charge is 0.352 e. The minimum absolute atomic E-state index is 0.0522. The van der Waals surface area contributed by atoms with Gasteiger partial charge in [-0.25, -0.2) is 4.79 Å². The van der Waals surface area contributed by atoms with E-state index in [0.29, 0.717) is 25.6 Å². The molecule has 136 valence electrons. The first kappa shape index (κ1) is 17.7. The van der Waals surface area contributed by atoms with Crippen molar-refractivity contribution in [1.82, 2.24) is 25.4 Å². The molecule has 3 rings (SSSR count). The summed E-state index contributed by atoms with van der Waals surface area (Å²) in [6.07, 6.45) is 7.30. The number of carbonyl (C=O) groups is 2. The Morgan fingerprint density at radius 2 is 1.88 bits per heavy atom. The first-order valence-corrected chi connectivity index (χ1v) is 9.15. The van der Waals surface area contributed by atoms with Gasteiger partial charge < -0.3 is 15.5 Å². The molecule has 3 heterocycles. The highest BCUT2D eigenvalue weighted by atomic mass is 16.2. The Bertz CT molecular complexity index is 574. The van der Waals surface area contributed by atoms with Crippen LogP contribution in [0.4, 0.5) is 4.79 Å². The van der Waals surface area contributed by atoms with Crippen molar-refractivity contribution in [2.45, 2.75) is 38.3 Å². The van der Waals surface area contributed by atoms with Crippen LogP contribution in [-0.4, -0.2) is 65.5 Å². The summed E-state index contributed by atoms with van der Waals surface area (Å²) in [6.45, 7) is 4.79. The van der Waals surface area contributed by atoms with Crippen molar-refractivity contribution in [3.63, 3.8) is 0 Å². The maximum absolute atomic E-state index is 12.2. The standard InChI is InChI=1S/C18H27N5O2/c24-17(21-13-15-3-7-19-8-4-15)5-9-20-18(25)23-12-6-16(14-23)22-10-1-2-11-22/h3-4,7-8,16H,1-2,5-6,9-14H2,(H,20,25)(H,21,24)/t16-/m0/s1. The highest BCUT2D eigenvalue weighted by molar-refractivity contribution is 5.78. The van der Waals surface area contributed by atoms with E-state index >= 15 is 0 Å². The second kappa shape index (κ2) is 8.80. The summed E-state index contributed by atoms with van der Waals surface area (Å²) in [4.78, 5) is 32.4. The summed E-state index contributed by atoms with van der Waals surface area (Å²) in [7, 11) is 0. The lowest BCUT2D eigenvalue weighted by Crippen LogP contribution is -2.42. The fourth-order valence-corrected chi connectivity index (χ4v) is 3.52. The highest BCUT2D eigenvalue weighted by Crippen LogP contribution is 2.20. The molecule has 3 amide bonds. The number of likely N-dealkylation sites (tertiary alicyclic amines) is 2. The fraction of sp³-hybridized carbons (Fsp3) is 0.611. The van der Waals surface area contributed by atoms with E-state index < -0.39 is 0 Å². The monoisotopic (exact) mass is 345 g/mol. The predicted octanol–water partition coefficient (Wildman–Crippen LogP) is 0.968. The van der Waals surface area contributed by atoms with E-state index in [1.165, 1.54) is 12.8 Å². The molecule has 0 aromatic carbocycles. The molecule has 0 saturated carbocycles. The lowest BCUT2D eigenvalue weighted by atomic mass is 10.2. The average molecular weight is 345 g/mol. The number of nitrogens with one attached hydrogen (secondary N) is 2. The third-order valence-corrected chi connectivity index (χ3v) is 4.97. The van der Waals surface area contributed by atoms with Crippen molar-refractivity contribution >= 4 is 11.9 Å². The van der Waals surface area contributed by atoms with Crippen LogP contribution in [0.3, 0.4) is 0 Å². The minimum Gasteiger partial charge on any atom is -0.352 e. The zero-order chi connectivity index (χ0) is 17.5. The molecule has 2 aliphatic rings. The van der Waals surface area contributed by atoms with Crippen molar-refractivity contribution in [2.24, 2.45) is 0 Å². The van der Waals surface area contributed by atoms with E-state index in [9.17, 15) is 9.59 Å². The molecule has 2 fully saturated rings. The maximum Gasteiger partial charge on any atom is 0.317 e. The minimum atomic E-state index is -0.0616. The van der Waals surface area contributed by atoms with Gasteiger partial charge in [-0.3, -0.25) is 14.7 Å². The second-order valence-electron chi connectivity index (χ2n) is 6.75. The number of hydrogen-bond acceptors (Lipinski definition) is 4. The molecule has 2 aliphatic heterocycles. The van der Waals surface area contributed by atoms with Gasteiger partial charge in [0.1, 0.15) is 0 Å². The molecule has 1 aromatic rings. The number of rotatable bonds is 6. The van der Waals surface area contributed by atoms with E-state index in [-0.39, 0.29) is 11.9 Å². The average Bonchev–Trinajstić information content (AvgIpc) is 3.32. The molecule has 0 unspecified atom stereocenters. The van der Waals surface area contributed by atoms with Gasteiger partial charge in [-0.05, 0) is 50.0 Å². The smallest absolute Gasteiger partial charge is 0.317 e. The van der Waals surface area contributed by atoms with E-state index in [1.807, 2.05) is 17.0 Å². The van der Waals surface area contributed by atoms with Gasteiger partial charge in [0, 0.05) is 51.0 Å².